The summed E-state index contributed by atoms with van der Waals surface area (Å²) in [6.07, 6.45) is 5.73. The molecule has 2 fully saturated rings. The first-order chi connectivity index (χ1) is 13.3. The quantitative estimate of drug-likeness (QED) is 0.556. The molecular formula is C22H19Br2NO3. The predicted octanol–water partition coefficient (Wildman–Crippen LogP) is 5.14. The zero-order chi connectivity index (χ0) is 20.0. The highest BCUT2D eigenvalue weighted by Crippen LogP contribution is 2.41. The largest absolute Gasteiger partial charge is 0.507 e. The van der Waals surface area contributed by atoms with Gasteiger partial charge in [-0.3, -0.25) is 9.69 Å². The lowest BCUT2D eigenvalue weighted by Gasteiger charge is -2.34. The van der Waals surface area contributed by atoms with E-state index < -0.39 is 0 Å². The van der Waals surface area contributed by atoms with E-state index in [9.17, 15) is 15.0 Å². The minimum Gasteiger partial charge on any atom is -0.507 e. The molecule has 0 saturated carbocycles. The highest BCUT2D eigenvalue weighted by atomic mass is 79.9. The number of likely N-dealkylation sites (N-methyl/N-ethyl adjacent to an activating group) is 1. The van der Waals surface area contributed by atoms with Crippen molar-refractivity contribution < 1.29 is 15.0 Å². The van der Waals surface area contributed by atoms with Crippen molar-refractivity contribution in [3.8, 4) is 11.5 Å². The van der Waals surface area contributed by atoms with Gasteiger partial charge in [-0.25, -0.2) is 0 Å². The Balaban J connectivity index is 1.77. The number of carbonyl (C=O) groups is 1. The van der Waals surface area contributed by atoms with Crippen molar-refractivity contribution in [1.82, 2.24) is 4.90 Å². The summed E-state index contributed by atoms with van der Waals surface area (Å²) in [5, 5.41) is 19.4. The Labute approximate surface area is 180 Å². The molecule has 0 amide bonds. The van der Waals surface area contributed by atoms with Gasteiger partial charge in [0, 0.05) is 23.2 Å². The van der Waals surface area contributed by atoms with E-state index in [1.165, 1.54) is 0 Å². The number of Topliss-reactive ketones (excluding diaryl/α,β-unsaturated/α-hetero) is 1. The second-order valence-corrected chi connectivity index (χ2v) is 8.93. The maximum atomic E-state index is 13.4. The van der Waals surface area contributed by atoms with Gasteiger partial charge >= 0.3 is 0 Å². The third kappa shape index (κ3) is 3.45. The normalized spacial score (nSPS) is 25.0. The van der Waals surface area contributed by atoms with E-state index in [2.05, 4.69) is 43.8 Å². The molecule has 2 aromatic rings. The highest BCUT2D eigenvalue weighted by molar-refractivity contribution is 9.10. The molecule has 2 atom stereocenters. The summed E-state index contributed by atoms with van der Waals surface area (Å²) >= 11 is 6.67. The minimum atomic E-state index is 0.0685. The minimum absolute atomic E-state index is 0.0685. The summed E-state index contributed by atoms with van der Waals surface area (Å²) in [5.41, 5.74) is 3.30. The van der Waals surface area contributed by atoms with E-state index >= 15 is 0 Å². The van der Waals surface area contributed by atoms with Crippen LogP contribution in [0.25, 0.3) is 12.2 Å². The van der Waals surface area contributed by atoms with Gasteiger partial charge in [-0.05, 0) is 99.3 Å². The third-order valence-corrected chi connectivity index (χ3v) is 6.80. The van der Waals surface area contributed by atoms with Crippen molar-refractivity contribution in [3.05, 3.63) is 67.6 Å². The van der Waals surface area contributed by atoms with E-state index in [1.54, 1.807) is 12.1 Å². The van der Waals surface area contributed by atoms with E-state index in [0.717, 1.165) is 35.1 Å². The summed E-state index contributed by atoms with van der Waals surface area (Å²) in [7, 11) is 2.07. The molecule has 2 heterocycles. The van der Waals surface area contributed by atoms with Crippen LogP contribution in [0.2, 0.25) is 0 Å². The molecule has 2 saturated heterocycles. The number of phenolic OH excluding ortho intramolecular Hbond substituents is 2. The van der Waals surface area contributed by atoms with Gasteiger partial charge in [0.2, 0.25) is 0 Å². The van der Waals surface area contributed by atoms with Crippen molar-refractivity contribution in [1.29, 1.82) is 0 Å². The number of ketones is 1. The summed E-state index contributed by atoms with van der Waals surface area (Å²) < 4.78 is 1.21. The number of nitrogens with zero attached hydrogens (tertiary/aromatic N) is 1. The SMILES string of the molecule is CN1C2CCC1/C(=C\c1ccc(O)c(Br)c1)C(=O)/C2=C/c1ccc(O)c(Br)c1. The predicted molar refractivity (Wildman–Crippen MR) is 117 cm³/mol. The zero-order valence-electron chi connectivity index (χ0n) is 15.2. The first-order valence-corrected chi connectivity index (χ1v) is 10.6. The van der Waals surface area contributed by atoms with Crippen molar-refractivity contribution >= 4 is 49.8 Å². The average molecular weight is 505 g/mol. The molecule has 28 heavy (non-hydrogen) atoms. The maximum Gasteiger partial charge on any atom is 0.188 e. The van der Waals surface area contributed by atoms with Gasteiger partial charge in [0.25, 0.3) is 0 Å². The fourth-order valence-corrected chi connectivity index (χ4v) is 4.86. The fraction of sp³-hybridized carbons (Fsp3) is 0.227. The number of piperidine rings is 1. The van der Waals surface area contributed by atoms with Crippen LogP contribution in [0, 0.1) is 0 Å². The molecule has 2 bridgehead atoms. The van der Waals surface area contributed by atoms with Crippen LogP contribution in [0.5, 0.6) is 11.5 Å². The molecule has 4 nitrogen and oxygen atoms in total. The van der Waals surface area contributed by atoms with Gasteiger partial charge in [0.15, 0.2) is 5.78 Å². The molecule has 144 valence electrons. The lowest BCUT2D eigenvalue weighted by molar-refractivity contribution is -0.114. The summed E-state index contributed by atoms with van der Waals surface area (Å²) in [6, 6.07) is 10.7. The zero-order valence-corrected chi connectivity index (χ0v) is 18.4. The van der Waals surface area contributed by atoms with Crippen LogP contribution in [0.3, 0.4) is 0 Å². The lowest BCUT2D eigenvalue weighted by atomic mass is 9.88. The lowest BCUT2D eigenvalue weighted by Crippen LogP contribution is -2.43. The molecule has 0 aromatic heterocycles. The van der Waals surface area contributed by atoms with Crippen LogP contribution in [0.4, 0.5) is 0 Å². The molecule has 2 aliphatic heterocycles. The molecular weight excluding hydrogens is 486 g/mol. The Morgan fingerprint density at radius 1 is 0.893 bits per heavy atom. The van der Waals surface area contributed by atoms with Gasteiger partial charge in [-0.2, -0.15) is 0 Å². The smallest absolute Gasteiger partial charge is 0.188 e. The summed E-state index contributed by atoms with van der Waals surface area (Å²) in [4.78, 5) is 15.6. The van der Waals surface area contributed by atoms with Gasteiger partial charge in [0.1, 0.15) is 11.5 Å². The molecule has 0 aliphatic carbocycles. The van der Waals surface area contributed by atoms with Gasteiger partial charge in [-0.1, -0.05) is 12.1 Å². The maximum absolute atomic E-state index is 13.4. The average Bonchev–Trinajstić information content (AvgIpc) is 2.97. The fourth-order valence-electron chi connectivity index (χ4n) is 4.07. The Bertz CT molecular complexity index is 949. The Hall–Kier alpha value is -1.89. The van der Waals surface area contributed by atoms with Crippen molar-refractivity contribution in [2.75, 3.05) is 7.05 Å². The van der Waals surface area contributed by atoms with E-state index in [0.29, 0.717) is 8.95 Å². The van der Waals surface area contributed by atoms with Crippen LogP contribution in [0.1, 0.15) is 24.0 Å². The number of halogens is 2. The Morgan fingerprint density at radius 3 is 1.71 bits per heavy atom. The number of rotatable bonds is 2. The molecule has 2 aliphatic rings. The van der Waals surface area contributed by atoms with E-state index in [-0.39, 0.29) is 29.4 Å². The number of aromatic hydroxyl groups is 2. The van der Waals surface area contributed by atoms with Crippen molar-refractivity contribution in [2.24, 2.45) is 0 Å². The van der Waals surface area contributed by atoms with Crippen LogP contribution in [-0.4, -0.2) is 40.0 Å². The number of fused-ring (bicyclic) bond motifs is 2. The van der Waals surface area contributed by atoms with Crippen LogP contribution < -0.4 is 0 Å². The van der Waals surface area contributed by atoms with Crippen molar-refractivity contribution in [2.45, 2.75) is 24.9 Å². The molecule has 0 radical (unpaired) electrons. The molecule has 2 aromatic carbocycles. The van der Waals surface area contributed by atoms with Crippen LogP contribution >= 0.6 is 31.9 Å². The molecule has 2 N–H and O–H groups in total. The molecule has 2 unspecified atom stereocenters. The van der Waals surface area contributed by atoms with Gasteiger partial charge in [0.05, 0.1) is 8.95 Å². The molecule has 0 spiro atoms. The first kappa shape index (κ1) is 19.4. The summed E-state index contributed by atoms with van der Waals surface area (Å²) in [6.45, 7) is 0. The van der Waals surface area contributed by atoms with Crippen LogP contribution in [-0.2, 0) is 4.79 Å². The third-order valence-electron chi connectivity index (χ3n) is 5.53. The van der Waals surface area contributed by atoms with Gasteiger partial charge < -0.3 is 10.2 Å². The van der Waals surface area contributed by atoms with E-state index in [1.807, 2.05) is 36.4 Å². The Kier molecular flexibility index (Phi) is 5.21. The number of phenols is 2. The molecule has 4 rings (SSSR count). The topological polar surface area (TPSA) is 60.8 Å². The number of hydrogen-bond donors (Lipinski definition) is 2. The summed E-state index contributed by atoms with van der Waals surface area (Å²) in [5.74, 6) is 0.418. The monoisotopic (exact) mass is 503 g/mol. The first-order valence-electron chi connectivity index (χ1n) is 9.02. The second kappa shape index (κ2) is 7.50. The van der Waals surface area contributed by atoms with E-state index in [4.69, 9.17) is 0 Å². The number of hydrogen-bond acceptors (Lipinski definition) is 4. The number of carbonyl (C=O) groups excluding carboxylic acids is 1. The highest BCUT2D eigenvalue weighted by Gasteiger charge is 2.44. The standard InChI is InChI=1S/C22H19Br2NO3/c1-25-18-4-5-19(25)15(9-13-3-7-21(27)17(24)11-13)22(28)14(18)8-12-2-6-20(26)16(23)10-12/h2-3,6-11,18-19,26-27H,4-5H2,1H3/b14-8+,15-9+. The van der Waals surface area contributed by atoms with Crippen molar-refractivity contribution in [3.63, 3.8) is 0 Å². The second-order valence-electron chi connectivity index (χ2n) is 7.22. The Morgan fingerprint density at radius 2 is 1.32 bits per heavy atom. The number of benzene rings is 2. The molecule has 6 heteroatoms. The van der Waals surface area contributed by atoms with Crippen LogP contribution in [0.15, 0.2) is 56.5 Å². The van der Waals surface area contributed by atoms with Gasteiger partial charge in [-0.15, -0.1) is 0 Å².